The lowest BCUT2D eigenvalue weighted by atomic mass is 10.1. The van der Waals surface area contributed by atoms with Gasteiger partial charge in [-0.1, -0.05) is 6.07 Å². The molecular weight excluding hydrogens is 186 g/mol. The van der Waals surface area contributed by atoms with Crippen LogP contribution in [0, 0.1) is 6.92 Å². The van der Waals surface area contributed by atoms with E-state index in [4.69, 9.17) is 0 Å². The molecule has 0 amide bonds. The van der Waals surface area contributed by atoms with Crippen molar-refractivity contribution >= 4 is 5.82 Å². The summed E-state index contributed by atoms with van der Waals surface area (Å²) >= 11 is 0. The van der Waals surface area contributed by atoms with Gasteiger partial charge >= 0.3 is 0 Å². The normalized spacial score (nSPS) is 10.0. The van der Waals surface area contributed by atoms with E-state index in [0.717, 1.165) is 22.5 Å². The standard InChI is InChI=1S/C12H13N3/c1-9-6-11(8-15-12(9)13-2)10-4-3-5-14-7-10/h3-8H,1-2H3,(H,13,15). The van der Waals surface area contributed by atoms with Crippen molar-refractivity contribution in [2.24, 2.45) is 0 Å². The van der Waals surface area contributed by atoms with Crippen molar-refractivity contribution < 1.29 is 0 Å². The van der Waals surface area contributed by atoms with Crippen LogP contribution in [0.15, 0.2) is 36.8 Å². The third-order valence-electron chi connectivity index (χ3n) is 2.31. The first-order chi connectivity index (χ1) is 7.31. The van der Waals surface area contributed by atoms with E-state index < -0.39 is 0 Å². The van der Waals surface area contributed by atoms with Gasteiger partial charge in [-0.25, -0.2) is 4.98 Å². The second-order valence-electron chi connectivity index (χ2n) is 3.38. The van der Waals surface area contributed by atoms with Gasteiger partial charge in [0.25, 0.3) is 0 Å². The number of anilines is 1. The lowest BCUT2D eigenvalue weighted by Crippen LogP contribution is -1.95. The average Bonchev–Trinajstić information content (AvgIpc) is 2.30. The van der Waals surface area contributed by atoms with Crippen LogP contribution >= 0.6 is 0 Å². The Morgan fingerprint density at radius 3 is 2.67 bits per heavy atom. The number of hydrogen-bond acceptors (Lipinski definition) is 3. The zero-order valence-corrected chi connectivity index (χ0v) is 8.86. The molecule has 0 atom stereocenters. The zero-order chi connectivity index (χ0) is 10.7. The van der Waals surface area contributed by atoms with Gasteiger partial charge < -0.3 is 5.32 Å². The summed E-state index contributed by atoms with van der Waals surface area (Å²) in [5.41, 5.74) is 3.33. The van der Waals surface area contributed by atoms with Crippen LogP contribution in [0.25, 0.3) is 11.1 Å². The Morgan fingerprint density at radius 1 is 1.20 bits per heavy atom. The van der Waals surface area contributed by atoms with Gasteiger partial charge in [0.2, 0.25) is 0 Å². The smallest absolute Gasteiger partial charge is 0.128 e. The summed E-state index contributed by atoms with van der Waals surface area (Å²) in [6.45, 7) is 2.04. The van der Waals surface area contributed by atoms with Crippen LogP contribution in [0.1, 0.15) is 5.56 Å². The minimum atomic E-state index is 0.919. The largest absolute Gasteiger partial charge is 0.373 e. The highest BCUT2D eigenvalue weighted by Crippen LogP contribution is 2.21. The third-order valence-corrected chi connectivity index (χ3v) is 2.31. The monoisotopic (exact) mass is 199 g/mol. The molecule has 3 nitrogen and oxygen atoms in total. The van der Waals surface area contributed by atoms with E-state index in [1.54, 1.807) is 6.20 Å². The van der Waals surface area contributed by atoms with Crippen molar-refractivity contribution in [1.29, 1.82) is 0 Å². The summed E-state index contributed by atoms with van der Waals surface area (Å²) in [5, 5.41) is 3.05. The second-order valence-corrected chi connectivity index (χ2v) is 3.38. The number of hydrogen-bond donors (Lipinski definition) is 1. The topological polar surface area (TPSA) is 37.8 Å². The molecule has 0 spiro atoms. The number of nitrogens with one attached hydrogen (secondary N) is 1. The van der Waals surface area contributed by atoms with Crippen molar-refractivity contribution in [2.45, 2.75) is 6.92 Å². The highest BCUT2D eigenvalue weighted by Gasteiger charge is 2.01. The minimum Gasteiger partial charge on any atom is -0.373 e. The molecule has 0 aliphatic carbocycles. The maximum absolute atomic E-state index is 4.33. The Labute approximate surface area is 89.2 Å². The fourth-order valence-electron chi connectivity index (χ4n) is 1.53. The van der Waals surface area contributed by atoms with Crippen LogP contribution in [0.2, 0.25) is 0 Å². The van der Waals surface area contributed by atoms with E-state index in [9.17, 15) is 0 Å². The van der Waals surface area contributed by atoms with E-state index in [-0.39, 0.29) is 0 Å². The Balaban J connectivity index is 2.43. The minimum absolute atomic E-state index is 0.919. The first-order valence-corrected chi connectivity index (χ1v) is 4.86. The molecule has 0 radical (unpaired) electrons. The number of nitrogens with zero attached hydrogens (tertiary/aromatic N) is 2. The number of rotatable bonds is 2. The summed E-state index contributed by atoms with van der Waals surface area (Å²) in [6, 6.07) is 6.06. The quantitative estimate of drug-likeness (QED) is 0.807. The van der Waals surface area contributed by atoms with Gasteiger partial charge in [-0.15, -0.1) is 0 Å². The van der Waals surface area contributed by atoms with Crippen molar-refractivity contribution in [2.75, 3.05) is 12.4 Å². The molecule has 0 fully saturated rings. The van der Waals surface area contributed by atoms with E-state index in [2.05, 4.69) is 21.4 Å². The van der Waals surface area contributed by atoms with E-state index in [1.165, 1.54) is 0 Å². The molecule has 0 saturated heterocycles. The fourth-order valence-corrected chi connectivity index (χ4v) is 1.53. The molecule has 0 aliphatic rings. The van der Waals surface area contributed by atoms with Gasteiger partial charge in [0.05, 0.1) is 0 Å². The summed E-state index contributed by atoms with van der Waals surface area (Å²) in [6.07, 6.45) is 5.47. The Bertz CT molecular complexity index is 452. The van der Waals surface area contributed by atoms with Crippen LogP contribution in [0.4, 0.5) is 5.82 Å². The maximum atomic E-state index is 4.33. The summed E-state index contributed by atoms with van der Waals surface area (Å²) in [5.74, 6) is 0.919. The number of aryl methyl sites for hydroxylation is 1. The van der Waals surface area contributed by atoms with Gasteiger partial charge in [0, 0.05) is 36.8 Å². The van der Waals surface area contributed by atoms with Gasteiger partial charge in [-0.2, -0.15) is 0 Å². The molecule has 15 heavy (non-hydrogen) atoms. The number of aromatic nitrogens is 2. The highest BCUT2D eigenvalue weighted by atomic mass is 15.0. The molecular formula is C12H13N3. The predicted molar refractivity (Wildman–Crippen MR) is 61.8 cm³/mol. The predicted octanol–water partition coefficient (Wildman–Crippen LogP) is 2.49. The lowest BCUT2D eigenvalue weighted by molar-refractivity contribution is 1.23. The Kier molecular flexibility index (Phi) is 2.63. The van der Waals surface area contributed by atoms with Crippen molar-refractivity contribution in [1.82, 2.24) is 9.97 Å². The van der Waals surface area contributed by atoms with Gasteiger partial charge in [0.15, 0.2) is 0 Å². The summed E-state index contributed by atoms with van der Waals surface area (Å²) < 4.78 is 0. The molecule has 2 aromatic rings. The van der Waals surface area contributed by atoms with E-state index >= 15 is 0 Å². The van der Waals surface area contributed by atoms with Crippen molar-refractivity contribution in [3.63, 3.8) is 0 Å². The second kappa shape index (κ2) is 4.09. The molecule has 1 N–H and O–H groups in total. The van der Waals surface area contributed by atoms with E-state index in [0.29, 0.717) is 0 Å². The van der Waals surface area contributed by atoms with Crippen LogP contribution in [-0.4, -0.2) is 17.0 Å². The van der Waals surface area contributed by atoms with Crippen LogP contribution < -0.4 is 5.32 Å². The van der Waals surface area contributed by atoms with E-state index in [1.807, 2.05) is 38.5 Å². The van der Waals surface area contributed by atoms with Crippen LogP contribution in [0.5, 0.6) is 0 Å². The first-order valence-electron chi connectivity index (χ1n) is 4.86. The molecule has 0 bridgehead atoms. The average molecular weight is 199 g/mol. The van der Waals surface area contributed by atoms with Crippen LogP contribution in [0.3, 0.4) is 0 Å². The molecule has 0 saturated carbocycles. The van der Waals surface area contributed by atoms with Crippen molar-refractivity contribution in [3.05, 3.63) is 42.4 Å². The Hall–Kier alpha value is -1.90. The van der Waals surface area contributed by atoms with Gasteiger partial charge in [-0.05, 0) is 24.6 Å². The number of pyridine rings is 2. The molecule has 76 valence electrons. The van der Waals surface area contributed by atoms with Crippen molar-refractivity contribution in [3.8, 4) is 11.1 Å². The molecule has 0 aliphatic heterocycles. The summed E-state index contributed by atoms with van der Waals surface area (Å²) in [7, 11) is 1.87. The SMILES string of the molecule is CNc1ncc(-c2cccnc2)cc1C. The lowest BCUT2D eigenvalue weighted by Gasteiger charge is -2.06. The first kappa shape index (κ1) is 9.65. The molecule has 2 rings (SSSR count). The molecule has 2 aromatic heterocycles. The van der Waals surface area contributed by atoms with Gasteiger partial charge in [-0.3, -0.25) is 4.98 Å². The molecule has 0 unspecified atom stereocenters. The van der Waals surface area contributed by atoms with Gasteiger partial charge in [0.1, 0.15) is 5.82 Å². The maximum Gasteiger partial charge on any atom is 0.128 e. The van der Waals surface area contributed by atoms with Crippen LogP contribution in [-0.2, 0) is 0 Å². The highest BCUT2D eigenvalue weighted by molar-refractivity contribution is 5.64. The zero-order valence-electron chi connectivity index (χ0n) is 8.86. The Morgan fingerprint density at radius 2 is 2.07 bits per heavy atom. The molecule has 2 heterocycles. The third kappa shape index (κ3) is 1.96. The molecule has 0 aromatic carbocycles. The molecule has 3 heteroatoms. The fraction of sp³-hybridized carbons (Fsp3) is 0.167. The summed E-state index contributed by atoms with van der Waals surface area (Å²) in [4.78, 5) is 8.42.